The Hall–Kier alpha value is -3.93. The SMILES string of the molecule is CNc1nccc(Oc2ccc3c(NC(=O)c4ccc(C)cc4)cccc3c2)n1. The number of amides is 1. The lowest BCUT2D eigenvalue weighted by atomic mass is 10.1. The smallest absolute Gasteiger partial charge is 0.255 e. The van der Waals surface area contributed by atoms with Crippen molar-refractivity contribution in [2.75, 3.05) is 17.7 Å². The second-order valence-electron chi connectivity index (χ2n) is 6.58. The van der Waals surface area contributed by atoms with Crippen molar-refractivity contribution in [3.8, 4) is 11.6 Å². The van der Waals surface area contributed by atoms with Crippen LogP contribution < -0.4 is 15.4 Å². The van der Waals surface area contributed by atoms with E-state index in [4.69, 9.17) is 4.74 Å². The number of aromatic nitrogens is 2. The molecule has 4 aromatic rings. The summed E-state index contributed by atoms with van der Waals surface area (Å²) in [6.45, 7) is 1.99. The van der Waals surface area contributed by atoms with Gasteiger partial charge >= 0.3 is 0 Å². The van der Waals surface area contributed by atoms with Crippen LogP contribution in [0.25, 0.3) is 10.8 Å². The van der Waals surface area contributed by atoms with Gasteiger partial charge in [-0.3, -0.25) is 4.79 Å². The number of benzene rings is 3. The highest BCUT2D eigenvalue weighted by atomic mass is 16.5. The average Bonchev–Trinajstić information content (AvgIpc) is 2.74. The molecule has 0 fully saturated rings. The van der Waals surface area contributed by atoms with Crippen LogP contribution in [0.5, 0.6) is 11.6 Å². The molecular weight excluding hydrogens is 364 g/mol. The van der Waals surface area contributed by atoms with Gasteiger partial charge in [0, 0.05) is 35.9 Å². The fraction of sp³-hybridized carbons (Fsp3) is 0.0870. The van der Waals surface area contributed by atoms with E-state index in [2.05, 4.69) is 20.6 Å². The maximum Gasteiger partial charge on any atom is 0.255 e. The number of hydrogen-bond acceptors (Lipinski definition) is 5. The van der Waals surface area contributed by atoms with Gasteiger partial charge < -0.3 is 15.4 Å². The van der Waals surface area contributed by atoms with Gasteiger partial charge in [0.1, 0.15) is 5.75 Å². The molecule has 0 spiro atoms. The molecule has 1 amide bonds. The molecule has 3 aromatic carbocycles. The molecule has 4 rings (SSSR count). The predicted octanol–water partition coefficient (Wildman–Crippen LogP) is 5.02. The van der Waals surface area contributed by atoms with Crippen molar-refractivity contribution in [1.29, 1.82) is 0 Å². The first-order valence-corrected chi connectivity index (χ1v) is 9.22. The Balaban J connectivity index is 1.58. The number of ether oxygens (including phenoxy) is 1. The third-order valence-electron chi connectivity index (χ3n) is 4.49. The number of carbonyl (C=O) groups is 1. The standard InChI is InChI=1S/C23H20N4O2/c1-15-6-8-16(9-7-15)22(28)26-20-5-3-4-17-14-18(10-11-19(17)20)29-21-12-13-25-23(24-2)27-21/h3-14H,1-2H3,(H,26,28)(H,24,25,27). The second-order valence-corrected chi connectivity index (χ2v) is 6.58. The lowest BCUT2D eigenvalue weighted by molar-refractivity contribution is 0.102. The first-order chi connectivity index (χ1) is 14.1. The summed E-state index contributed by atoms with van der Waals surface area (Å²) in [5.74, 6) is 1.45. The van der Waals surface area contributed by atoms with Crippen molar-refractivity contribution in [3.05, 3.63) is 84.1 Å². The molecule has 2 N–H and O–H groups in total. The molecule has 1 aromatic heterocycles. The highest BCUT2D eigenvalue weighted by Gasteiger charge is 2.09. The average molecular weight is 384 g/mol. The largest absolute Gasteiger partial charge is 0.439 e. The van der Waals surface area contributed by atoms with Gasteiger partial charge in [-0.1, -0.05) is 29.8 Å². The number of aryl methyl sites for hydroxylation is 1. The molecule has 0 saturated carbocycles. The van der Waals surface area contributed by atoms with Crippen LogP contribution in [0.1, 0.15) is 15.9 Å². The lowest BCUT2D eigenvalue weighted by Crippen LogP contribution is -2.12. The summed E-state index contributed by atoms with van der Waals surface area (Å²) in [5, 5.41) is 7.76. The van der Waals surface area contributed by atoms with E-state index in [0.29, 0.717) is 23.1 Å². The number of nitrogens with one attached hydrogen (secondary N) is 2. The Morgan fingerprint density at radius 3 is 2.62 bits per heavy atom. The molecule has 0 saturated heterocycles. The van der Waals surface area contributed by atoms with E-state index >= 15 is 0 Å². The second kappa shape index (κ2) is 7.98. The van der Waals surface area contributed by atoms with Gasteiger partial charge in [-0.25, -0.2) is 4.98 Å². The van der Waals surface area contributed by atoms with E-state index in [1.54, 1.807) is 19.3 Å². The van der Waals surface area contributed by atoms with Crippen LogP contribution in [0.2, 0.25) is 0 Å². The van der Waals surface area contributed by atoms with E-state index in [1.165, 1.54) is 0 Å². The summed E-state index contributed by atoms with van der Waals surface area (Å²) in [6, 6.07) is 20.7. The minimum atomic E-state index is -0.140. The fourth-order valence-corrected chi connectivity index (χ4v) is 2.97. The zero-order chi connectivity index (χ0) is 20.2. The summed E-state index contributed by atoms with van der Waals surface area (Å²) in [5.41, 5.74) is 2.49. The summed E-state index contributed by atoms with van der Waals surface area (Å²) in [7, 11) is 1.75. The summed E-state index contributed by atoms with van der Waals surface area (Å²) >= 11 is 0. The molecule has 144 valence electrons. The minimum absolute atomic E-state index is 0.140. The minimum Gasteiger partial charge on any atom is -0.439 e. The van der Waals surface area contributed by atoms with Crippen LogP contribution in [0, 0.1) is 6.92 Å². The molecule has 0 bridgehead atoms. The van der Waals surface area contributed by atoms with Crippen LogP contribution >= 0.6 is 0 Å². The van der Waals surface area contributed by atoms with Crippen molar-refractivity contribution < 1.29 is 9.53 Å². The monoisotopic (exact) mass is 384 g/mol. The number of anilines is 2. The third kappa shape index (κ3) is 4.16. The predicted molar refractivity (Wildman–Crippen MR) is 115 cm³/mol. The molecule has 0 unspecified atom stereocenters. The van der Waals surface area contributed by atoms with Crippen molar-refractivity contribution >= 4 is 28.3 Å². The van der Waals surface area contributed by atoms with E-state index < -0.39 is 0 Å². The van der Waals surface area contributed by atoms with Gasteiger partial charge in [-0.05, 0) is 48.7 Å². The molecule has 1 heterocycles. The normalized spacial score (nSPS) is 10.6. The maximum absolute atomic E-state index is 12.6. The molecule has 6 heteroatoms. The molecule has 29 heavy (non-hydrogen) atoms. The van der Waals surface area contributed by atoms with Crippen LogP contribution in [0.15, 0.2) is 72.9 Å². The maximum atomic E-state index is 12.6. The zero-order valence-electron chi connectivity index (χ0n) is 16.1. The Bertz CT molecular complexity index is 1170. The van der Waals surface area contributed by atoms with E-state index in [-0.39, 0.29) is 5.91 Å². The van der Waals surface area contributed by atoms with Gasteiger partial charge in [0.15, 0.2) is 0 Å². The Labute approximate surface area is 168 Å². The lowest BCUT2D eigenvalue weighted by Gasteiger charge is -2.11. The summed E-state index contributed by atoms with van der Waals surface area (Å²) in [6.07, 6.45) is 1.63. The molecular formula is C23H20N4O2. The topological polar surface area (TPSA) is 76.1 Å². The van der Waals surface area contributed by atoms with Crippen molar-refractivity contribution in [2.45, 2.75) is 6.92 Å². The number of carbonyl (C=O) groups excluding carboxylic acids is 1. The summed E-state index contributed by atoms with van der Waals surface area (Å²) < 4.78 is 5.85. The fourth-order valence-electron chi connectivity index (χ4n) is 2.97. The molecule has 0 atom stereocenters. The van der Waals surface area contributed by atoms with Crippen LogP contribution in [-0.4, -0.2) is 22.9 Å². The quantitative estimate of drug-likeness (QED) is 0.505. The molecule has 0 aliphatic rings. The van der Waals surface area contributed by atoms with Gasteiger partial charge in [0.2, 0.25) is 11.8 Å². The highest BCUT2D eigenvalue weighted by molar-refractivity contribution is 6.09. The molecule has 0 aliphatic carbocycles. The Morgan fingerprint density at radius 2 is 1.83 bits per heavy atom. The Kier molecular flexibility index (Phi) is 5.07. The van der Waals surface area contributed by atoms with Crippen molar-refractivity contribution in [3.63, 3.8) is 0 Å². The van der Waals surface area contributed by atoms with Gasteiger partial charge in [-0.15, -0.1) is 0 Å². The number of rotatable bonds is 5. The van der Waals surface area contributed by atoms with Gasteiger partial charge in [0.05, 0.1) is 0 Å². The van der Waals surface area contributed by atoms with Gasteiger partial charge in [-0.2, -0.15) is 4.98 Å². The van der Waals surface area contributed by atoms with Crippen LogP contribution in [-0.2, 0) is 0 Å². The first-order valence-electron chi connectivity index (χ1n) is 9.22. The first kappa shape index (κ1) is 18.4. The van der Waals surface area contributed by atoms with Crippen LogP contribution in [0.4, 0.5) is 11.6 Å². The summed E-state index contributed by atoms with van der Waals surface area (Å²) in [4.78, 5) is 20.9. The van der Waals surface area contributed by atoms with Crippen LogP contribution in [0.3, 0.4) is 0 Å². The number of fused-ring (bicyclic) bond motifs is 1. The van der Waals surface area contributed by atoms with E-state index in [1.807, 2.05) is 67.6 Å². The zero-order valence-corrected chi connectivity index (χ0v) is 16.1. The number of nitrogens with zero attached hydrogens (tertiary/aromatic N) is 2. The van der Waals surface area contributed by atoms with E-state index in [0.717, 1.165) is 22.0 Å². The highest BCUT2D eigenvalue weighted by Crippen LogP contribution is 2.29. The number of hydrogen-bond donors (Lipinski definition) is 2. The van der Waals surface area contributed by atoms with Crippen molar-refractivity contribution in [2.24, 2.45) is 0 Å². The van der Waals surface area contributed by atoms with Gasteiger partial charge in [0.25, 0.3) is 5.91 Å². The molecule has 0 radical (unpaired) electrons. The molecule has 6 nitrogen and oxygen atoms in total. The third-order valence-corrected chi connectivity index (χ3v) is 4.49. The van der Waals surface area contributed by atoms with E-state index in [9.17, 15) is 4.79 Å². The van der Waals surface area contributed by atoms with Crippen molar-refractivity contribution in [1.82, 2.24) is 9.97 Å². The Morgan fingerprint density at radius 1 is 1.00 bits per heavy atom. The molecule has 0 aliphatic heterocycles.